The first-order valence-electron chi connectivity index (χ1n) is 8.87. The number of nitrogens with one attached hydrogen (secondary N) is 1. The number of pyridine rings is 1. The van der Waals surface area contributed by atoms with Gasteiger partial charge in [-0.05, 0) is 42.8 Å². The van der Waals surface area contributed by atoms with E-state index in [2.05, 4.69) is 44.0 Å². The Balaban J connectivity index is 1.40. The Morgan fingerprint density at radius 1 is 1.04 bits per heavy atom. The smallest absolute Gasteiger partial charge is 0.128 e. The second-order valence-electron chi connectivity index (χ2n) is 6.72. The number of H-pyrrole nitrogens is 1. The van der Waals surface area contributed by atoms with E-state index in [1.165, 1.54) is 17.7 Å². The maximum atomic E-state index is 13.2. The second kappa shape index (κ2) is 7.25. The van der Waals surface area contributed by atoms with E-state index < -0.39 is 0 Å². The summed E-state index contributed by atoms with van der Waals surface area (Å²) in [4.78, 5) is 9.27. The minimum atomic E-state index is -0.230. The van der Waals surface area contributed by atoms with Crippen LogP contribution in [-0.4, -0.2) is 46.3 Å². The molecule has 0 saturated carbocycles. The highest BCUT2D eigenvalue weighted by molar-refractivity contribution is 5.62. The molecule has 1 aromatic carbocycles. The van der Waals surface area contributed by atoms with Gasteiger partial charge in [0.2, 0.25) is 0 Å². The van der Waals surface area contributed by atoms with Crippen LogP contribution in [0.5, 0.6) is 0 Å². The van der Waals surface area contributed by atoms with Crippen LogP contribution < -0.4 is 4.90 Å². The van der Waals surface area contributed by atoms with Gasteiger partial charge in [0.05, 0.1) is 5.69 Å². The monoisotopic (exact) mass is 351 g/mol. The maximum Gasteiger partial charge on any atom is 0.128 e. The fraction of sp³-hybridized carbons (Fsp3) is 0.300. The number of piperazine rings is 1. The second-order valence-corrected chi connectivity index (χ2v) is 6.72. The van der Waals surface area contributed by atoms with E-state index in [9.17, 15) is 4.39 Å². The third kappa shape index (κ3) is 3.60. The molecular formula is C20H22FN5. The number of halogens is 1. The molecule has 26 heavy (non-hydrogen) atoms. The quantitative estimate of drug-likeness (QED) is 0.784. The number of rotatable bonds is 4. The molecule has 0 spiro atoms. The van der Waals surface area contributed by atoms with Crippen LogP contribution in [0.1, 0.15) is 11.1 Å². The van der Waals surface area contributed by atoms with Gasteiger partial charge in [0.1, 0.15) is 11.6 Å². The van der Waals surface area contributed by atoms with Gasteiger partial charge in [-0.3, -0.25) is 10.00 Å². The first-order chi connectivity index (χ1) is 12.7. The Morgan fingerprint density at radius 2 is 1.81 bits per heavy atom. The average Bonchev–Trinajstić information content (AvgIpc) is 3.12. The van der Waals surface area contributed by atoms with Gasteiger partial charge < -0.3 is 4.90 Å². The molecule has 1 fully saturated rings. The van der Waals surface area contributed by atoms with Crippen LogP contribution in [0.25, 0.3) is 11.3 Å². The summed E-state index contributed by atoms with van der Waals surface area (Å²) in [5, 5.41) is 7.31. The predicted octanol–water partition coefficient (Wildman–Crippen LogP) is 3.24. The van der Waals surface area contributed by atoms with Gasteiger partial charge in [-0.25, -0.2) is 9.37 Å². The molecule has 6 heteroatoms. The lowest BCUT2D eigenvalue weighted by atomic mass is 10.1. The Morgan fingerprint density at radius 3 is 2.50 bits per heavy atom. The van der Waals surface area contributed by atoms with E-state index >= 15 is 0 Å². The van der Waals surface area contributed by atoms with Gasteiger partial charge in [0.25, 0.3) is 0 Å². The molecule has 0 bridgehead atoms. The van der Waals surface area contributed by atoms with E-state index in [0.29, 0.717) is 0 Å². The van der Waals surface area contributed by atoms with E-state index in [0.717, 1.165) is 55.4 Å². The van der Waals surface area contributed by atoms with Gasteiger partial charge >= 0.3 is 0 Å². The van der Waals surface area contributed by atoms with Crippen molar-refractivity contribution in [3.05, 3.63) is 65.7 Å². The molecule has 0 amide bonds. The largest absolute Gasteiger partial charge is 0.354 e. The molecular weight excluding hydrogens is 329 g/mol. The minimum Gasteiger partial charge on any atom is -0.354 e. The topological polar surface area (TPSA) is 48.0 Å². The van der Waals surface area contributed by atoms with Crippen molar-refractivity contribution in [2.75, 3.05) is 31.1 Å². The van der Waals surface area contributed by atoms with E-state index in [-0.39, 0.29) is 5.82 Å². The Labute approximate surface area is 152 Å². The standard InChI is InChI=1S/C20H22FN5/c1-15-2-7-19(22-12-15)26-10-8-25(9-11-26)14-17-13-23-24-20(17)16-3-5-18(21)6-4-16/h2-7,12-13H,8-11,14H2,1H3,(H,23,24). The lowest BCUT2D eigenvalue weighted by Gasteiger charge is -2.35. The third-order valence-electron chi connectivity index (χ3n) is 4.82. The number of aromatic nitrogens is 3. The highest BCUT2D eigenvalue weighted by Gasteiger charge is 2.20. The Kier molecular flexibility index (Phi) is 4.67. The zero-order valence-corrected chi connectivity index (χ0v) is 14.8. The van der Waals surface area contributed by atoms with Crippen LogP contribution in [0.2, 0.25) is 0 Å². The first-order valence-corrected chi connectivity index (χ1v) is 8.87. The molecule has 1 N–H and O–H groups in total. The third-order valence-corrected chi connectivity index (χ3v) is 4.82. The number of anilines is 1. The molecule has 4 rings (SSSR count). The van der Waals surface area contributed by atoms with Crippen LogP contribution in [0.3, 0.4) is 0 Å². The van der Waals surface area contributed by atoms with Crippen molar-refractivity contribution in [2.24, 2.45) is 0 Å². The number of hydrogen-bond donors (Lipinski definition) is 1. The number of hydrogen-bond acceptors (Lipinski definition) is 4. The molecule has 2 aromatic heterocycles. The highest BCUT2D eigenvalue weighted by Crippen LogP contribution is 2.23. The average molecular weight is 351 g/mol. The molecule has 3 heterocycles. The fourth-order valence-electron chi connectivity index (χ4n) is 3.32. The van der Waals surface area contributed by atoms with Crippen molar-refractivity contribution in [3.8, 4) is 11.3 Å². The number of aromatic amines is 1. The summed E-state index contributed by atoms with van der Waals surface area (Å²) in [7, 11) is 0. The molecule has 1 saturated heterocycles. The molecule has 0 aliphatic carbocycles. The number of aryl methyl sites for hydroxylation is 1. The molecule has 1 aliphatic rings. The van der Waals surface area contributed by atoms with E-state index in [1.54, 1.807) is 12.1 Å². The van der Waals surface area contributed by atoms with Crippen LogP contribution in [-0.2, 0) is 6.54 Å². The van der Waals surface area contributed by atoms with Crippen molar-refractivity contribution in [2.45, 2.75) is 13.5 Å². The lowest BCUT2D eigenvalue weighted by molar-refractivity contribution is 0.249. The Bertz CT molecular complexity index is 849. The molecule has 5 nitrogen and oxygen atoms in total. The van der Waals surface area contributed by atoms with Crippen LogP contribution in [0, 0.1) is 12.7 Å². The lowest BCUT2D eigenvalue weighted by Crippen LogP contribution is -2.46. The predicted molar refractivity (Wildman–Crippen MR) is 100 cm³/mol. The summed E-state index contributed by atoms with van der Waals surface area (Å²) in [5.74, 6) is 0.817. The molecule has 134 valence electrons. The van der Waals surface area contributed by atoms with Crippen molar-refractivity contribution in [3.63, 3.8) is 0 Å². The zero-order chi connectivity index (χ0) is 17.9. The summed E-state index contributed by atoms with van der Waals surface area (Å²) in [6.07, 6.45) is 3.86. The van der Waals surface area contributed by atoms with E-state index in [4.69, 9.17) is 0 Å². The van der Waals surface area contributed by atoms with Crippen LogP contribution in [0.15, 0.2) is 48.8 Å². The summed E-state index contributed by atoms with van der Waals surface area (Å²) >= 11 is 0. The van der Waals surface area contributed by atoms with Gasteiger partial charge in [-0.2, -0.15) is 5.10 Å². The van der Waals surface area contributed by atoms with Crippen molar-refractivity contribution >= 4 is 5.82 Å². The van der Waals surface area contributed by atoms with E-state index in [1.807, 2.05) is 12.4 Å². The number of nitrogens with zero attached hydrogens (tertiary/aromatic N) is 4. The maximum absolute atomic E-state index is 13.2. The summed E-state index contributed by atoms with van der Waals surface area (Å²) in [5.41, 5.74) is 4.15. The summed E-state index contributed by atoms with van der Waals surface area (Å²) in [6.45, 7) is 6.75. The molecule has 0 unspecified atom stereocenters. The zero-order valence-electron chi connectivity index (χ0n) is 14.8. The Hall–Kier alpha value is -2.73. The first kappa shape index (κ1) is 16.7. The summed E-state index contributed by atoms with van der Waals surface area (Å²) < 4.78 is 13.2. The molecule has 0 atom stereocenters. The summed E-state index contributed by atoms with van der Waals surface area (Å²) in [6, 6.07) is 10.7. The van der Waals surface area contributed by atoms with Gasteiger partial charge in [-0.15, -0.1) is 0 Å². The SMILES string of the molecule is Cc1ccc(N2CCN(Cc3c[nH]nc3-c3ccc(F)cc3)CC2)nc1. The normalized spacial score (nSPS) is 15.4. The highest BCUT2D eigenvalue weighted by atomic mass is 19.1. The van der Waals surface area contributed by atoms with Gasteiger partial charge in [0, 0.05) is 56.2 Å². The van der Waals surface area contributed by atoms with Crippen LogP contribution in [0.4, 0.5) is 10.2 Å². The van der Waals surface area contributed by atoms with Crippen LogP contribution >= 0.6 is 0 Å². The van der Waals surface area contributed by atoms with Crippen molar-refractivity contribution < 1.29 is 4.39 Å². The number of benzene rings is 1. The minimum absolute atomic E-state index is 0.230. The van der Waals surface area contributed by atoms with Gasteiger partial charge in [0.15, 0.2) is 0 Å². The molecule has 1 aliphatic heterocycles. The molecule has 3 aromatic rings. The van der Waals surface area contributed by atoms with Crippen molar-refractivity contribution in [1.82, 2.24) is 20.1 Å². The fourth-order valence-corrected chi connectivity index (χ4v) is 3.32. The van der Waals surface area contributed by atoms with Crippen molar-refractivity contribution in [1.29, 1.82) is 0 Å². The van der Waals surface area contributed by atoms with Gasteiger partial charge in [-0.1, -0.05) is 6.07 Å². The molecule has 0 radical (unpaired) electrons.